The van der Waals surface area contributed by atoms with Crippen LogP contribution in [0.3, 0.4) is 0 Å². The van der Waals surface area contributed by atoms with Gasteiger partial charge in [0.25, 0.3) is 0 Å². The molecule has 0 fully saturated rings. The number of nitrogens with two attached hydrogens (primary N) is 4. The molecule has 4 heteroatoms. The molecule has 0 aliphatic heterocycles. The Hall–Kier alpha value is -0.900. The molecule has 0 aromatic heterocycles. The maximum Gasteiger partial charge on any atom is 0.114 e. The Morgan fingerprint density at radius 1 is 1.27 bits per heavy atom. The number of hydrogen-bond acceptors (Lipinski definition) is 4. The molecule has 1 unspecified atom stereocenters. The van der Waals surface area contributed by atoms with Crippen molar-refractivity contribution in [1.29, 1.82) is 0 Å². The van der Waals surface area contributed by atoms with Crippen LogP contribution in [0, 0.1) is 0 Å². The fourth-order valence-corrected chi connectivity index (χ4v) is 0.794. The van der Waals surface area contributed by atoms with Gasteiger partial charge in [-0.1, -0.05) is 19.8 Å². The summed E-state index contributed by atoms with van der Waals surface area (Å²) < 4.78 is 0. The summed E-state index contributed by atoms with van der Waals surface area (Å²) in [6.07, 6.45) is 3.00. The summed E-state index contributed by atoms with van der Waals surface area (Å²) in [5.74, 6) is 0.147. The first-order chi connectivity index (χ1) is 5.09. The second kappa shape index (κ2) is 4.85. The Morgan fingerprint density at radius 2 is 1.82 bits per heavy atom. The molecule has 0 rings (SSSR count). The Balaban J connectivity index is 3.83. The van der Waals surface area contributed by atoms with E-state index < -0.39 is 0 Å². The first-order valence-electron chi connectivity index (χ1n) is 3.85. The van der Waals surface area contributed by atoms with Crippen LogP contribution >= 0.6 is 0 Å². The molecule has 0 amide bonds. The molecule has 0 heterocycles. The minimum absolute atomic E-state index is 0.147. The molecule has 8 N–H and O–H groups in total. The van der Waals surface area contributed by atoms with Gasteiger partial charge in [0.2, 0.25) is 0 Å². The van der Waals surface area contributed by atoms with Crippen LogP contribution in [0.2, 0.25) is 0 Å². The van der Waals surface area contributed by atoms with Crippen molar-refractivity contribution in [2.45, 2.75) is 32.2 Å². The second-order valence-corrected chi connectivity index (χ2v) is 2.66. The molecule has 0 aliphatic rings. The van der Waals surface area contributed by atoms with Gasteiger partial charge in [-0.05, 0) is 6.42 Å². The van der Waals surface area contributed by atoms with E-state index in [9.17, 15) is 0 Å². The van der Waals surface area contributed by atoms with E-state index in [4.69, 9.17) is 22.9 Å². The van der Waals surface area contributed by atoms with Crippen molar-refractivity contribution in [3.63, 3.8) is 0 Å². The molecule has 0 radical (unpaired) electrons. The molecule has 11 heavy (non-hydrogen) atoms. The lowest BCUT2D eigenvalue weighted by Crippen LogP contribution is -2.32. The van der Waals surface area contributed by atoms with E-state index in [-0.39, 0.29) is 11.9 Å². The molecule has 0 bridgehead atoms. The van der Waals surface area contributed by atoms with Gasteiger partial charge in [-0.3, -0.25) is 0 Å². The zero-order chi connectivity index (χ0) is 8.85. The largest absolute Gasteiger partial charge is 0.398 e. The van der Waals surface area contributed by atoms with Crippen LogP contribution in [0.25, 0.3) is 0 Å². The maximum absolute atomic E-state index is 5.66. The molecule has 0 spiro atoms. The first kappa shape index (κ1) is 10.1. The molecule has 0 aromatic rings. The van der Waals surface area contributed by atoms with E-state index in [2.05, 4.69) is 6.92 Å². The van der Waals surface area contributed by atoms with Gasteiger partial charge >= 0.3 is 0 Å². The van der Waals surface area contributed by atoms with Gasteiger partial charge in [-0.25, -0.2) is 0 Å². The summed E-state index contributed by atoms with van der Waals surface area (Å²) in [7, 11) is 0. The molecule has 0 aliphatic carbocycles. The second-order valence-electron chi connectivity index (χ2n) is 2.66. The Bertz CT molecular complexity index is 137. The number of rotatable bonds is 4. The molecule has 1 atom stereocenters. The average Bonchev–Trinajstić information content (AvgIpc) is 1.98. The van der Waals surface area contributed by atoms with Crippen molar-refractivity contribution >= 4 is 0 Å². The van der Waals surface area contributed by atoms with Gasteiger partial charge in [-0.15, -0.1) is 0 Å². The van der Waals surface area contributed by atoms with Crippen molar-refractivity contribution in [2.24, 2.45) is 22.9 Å². The highest BCUT2D eigenvalue weighted by Gasteiger charge is 2.06. The molecule has 0 aromatic carbocycles. The summed E-state index contributed by atoms with van der Waals surface area (Å²) in [4.78, 5) is 0. The van der Waals surface area contributed by atoms with Crippen molar-refractivity contribution in [3.05, 3.63) is 11.5 Å². The summed E-state index contributed by atoms with van der Waals surface area (Å²) in [5.41, 5.74) is 22.1. The number of unbranched alkanes of at least 4 members (excludes halogenated alkanes) is 1. The fourth-order valence-electron chi connectivity index (χ4n) is 0.794. The van der Waals surface area contributed by atoms with Crippen LogP contribution in [0.15, 0.2) is 11.5 Å². The monoisotopic (exact) mass is 158 g/mol. The van der Waals surface area contributed by atoms with Crippen LogP contribution in [0.5, 0.6) is 0 Å². The predicted molar refractivity (Wildman–Crippen MR) is 47.1 cm³/mol. The minimum Gasteiger partial charge on any atom is -0.398 e. The van der Waals surface area contributed by atoms with Gasteiger partial charge in [0.1, 0.15) is 5.82 Å². The highest BCUT2D eigenvalue weighted by atomic mass is 14.9. The van der Waals surface area contributed by atoms with E-state index in [1.54, 1.807) is 0 Å². The molecular formula is C7H18N4. The third-order valence-electron chi connectivity index (χ3n) is 1.60. The van der Waals surface area contributed by atoms with Crippen LogP contribution < -0.4 is 22.9 Å². The fraction of sp³-hybridized carbons (Fsp3) is 0.714. The topological polar surface area (TPSA) is 104 Å². The van der Waals surface area contributed by atoms with Crippen molar-refractivity contribution in [3.8, 4) is 0 Å². The zero-order valence-corrected chi connectivity index (χ0v) is 7.01. The van der Waals surface area contributed by atoms with Gasteiger partial charge < -0.3 is 22.9 Å². The quantitative estimate of drug-likeness (QED) is 0.444. The van der Waals surface area contributed by atoms with E-state index in [0.717, 1.165) is 19.3 Å². The zero-order valence-electron chi connectivity index (χ0n) is 7.01. The van der Waals surface area contributed by atoms with Gasteiger partial charge in [-0.2, -0.15) is 0 Å². The Labute approximate surface area is 67.6 Å². The lowest BCUT2D eigenvalue weighted by atomic mass is 10.1. The van der Waals surface area contributed by atoms with E-state index in [0.29, 0.717) is 5.70 Å². The minimum atomic E-state index is -0.181. The van der Waals surface area contributed by atoms with Gasteiger partial charge in [0, 0.05) is 6.04 Å². The Morgan fingerprint density at radius 3 is 2.18 bits per heavy atom. The lowest BCUT2D eigenvalue weighted by molar-refractivity contribution is 0.623. The van der Waals surface area contributed by atoms with E-state index in [1.165, 1.54) is 0 Å². The summed E-state index contributed by atoms with van der Waals surface area (Å²) in [6, 6.07) is -0.181. The highest BCUT2D eigenvalue weighted by molar-refractivity contribution is 5.10. The highest BCUT2D eigenvalue weighted by Crippen LogP contribution is 2.03. The first-order valence-corrected chi connectivity index (χ1v) is 3.85. The molecule has 66 valence electrons. The van der Waals surface area contributed by atoms with Crippen LogP contribution in [0.1, 0.15) is 26.2 Å². The van der Waals surface area contributed by atoms with Crippen molar-refractivity contribution in [1.82, 2.24) is 0 Å². The predicted octanol–water partition coefficient (Wildman–Crippen LogP) is -0.451. The number of hydrogen-bond donors (Lipinski definition) is 4. The average molecular weight is 158 g/mol. The molecule has 0 saturated heterocycles. The van der Waals surface area contributed by atoms with Crippen LogP contribution in [0.4, 0.5) is 0 Å². The normalized spacial score (nSPS) is 12.5. The molecule has 4 nitrogen and oxygen atoms in total. The molecule has 0 saturated carbocycles. The maximum atomic E-state index is 5.66. The van der Waals surface area contributed by atoms with Crippen molar-refractivity contribution in [2.75, 3.05) is 0 Å². The smallest absolute Gasteiger partial charge is 0.114 e. The van der Waals surface area contributed by atoms with E-state index >= 15 is 0 Å². The lowest BCUT2D eigenvalue weighted by Gasteiger charge is -2.11. The standard InChI is InChI=1S/C7H18N4/c1-2-3-4-5(8)6(9)7(10)11/h5H,2-4,8-11H2,1H3. The summed E-state index contributed by atoms with van der Waals surface area (Å²) >= 11 is 0. The van der Waals surface area contributed by atoms with Crippen molar-refractivity contribution < 1.29 is 0 Å². The third-order valence-corrected chi connectivity index (χ3v) is 1.60. The third kappa shape index (κ3) is 3.72. The van der Waals surface area contributed by atoms with E-state index in [1.807, 2.05) is 0 Å². The Kier molecular flexibility index (Phi) is 4.45. The van der Waals surface area contributed by atoms with Crippen LogP contribution in [-0.4, -0.2) is 6.04 Å². The molecular weight excluding hydrogens is 140 g/mol. The van der Waals surface area contributed by atoms with Gasteiger partial charge in [0.15, 0.2) is 0 Å². The van der Waals surface area contributed by atoms with Crippen LogP contribution in [-0.2, 0) is 0 Å². The summed E-state index contributed by atoms with van der Waals surface area (Å²) in [6.45, 7) is 2.10. The SMILES string of the molecule is CCCCC(N)C(N)=C(N)N. The summed E-state index contributed by atoms with van der Waals surface area (Å²) in [5, 5.41) is 0. The van der Waals surface area contributed by atoms with Gasteiger partial charge in [0.05, 0.1) is 5.70 Å².